The number of aromatic nitrogens is 2. The Kier molecular flexibility index (Phi) is 4.83. The Hall–Kier alpha value is -1.33. The second-order valence-corrected chi connectivity index (χ2v) is 6.66. The van der Waals surface area contributed by atoms with Crippen LogP contribution in [0.25, 0.3) is 0 Å². The van der Waals surface area contributed by atoms with Gasteiger partial charge in [-0.2, -0.15) is 4.98 Å². The van der Waals surface area contributed by atoms with E-state index in [2.05, 4.69) is 29.2 Å². The molecule has 1 heterocycles. The zero-order valence-electron chi connectivity index (χ0n) is 12.2. The summed E-state index contributed by atoms with van der Waals surface area (Å²) in [4.78, 5) is 5.66. The lowest BCUT2D eigenvalue weighted by Crippen LogP contribution is -2.32. The highest BCUT2D eigenvalue weighted by molar-refractivity contribution is 7.98. The maximum atomic E-state index is 5.95. The molecule has 0 atom stereocenters. The predicted octanol–water partition coefficient (Wildman–Crippen LogP) is 3.34. The van der Waals surface area contributed by atoms with Crippen molar-refractivity contribution in [2.45, 2.75) is 49.8 Å². The van der Waals surface area contributed by atoms with Crippen molar-refractivity contribution in [1.82, 2.24) is 10.1 Å². The normalized spacial score (nSPS) is 11.8. The molecule has 0 amide bonds. The van der Waals surface area contributed by atoms with Crippen LogP contribution >= 0.6 is 11.8 Å². The van der Waals surface area contributed by atoms with Gasteiger partial charge in [0.05, 0.1) is 5.75 Å². The molecule has 2 N–H and O–H groups in total. The first-order valence-corrected chi connectivity index (χ1v) is 7.71. The quantitative estimate of drug-likeness (QED) is 0.827. The van der Waals surface area contributed by atoms with Gasteiger partial charge < -0.3 is 10.3 Å². The molecule has 1 aromatic carbocycles. The highest BCUT2D eigenvalue weighted by atomic mass is 32.2. The van der Waals surface area contributed by atoms with Crippen LogP contribution in [0, 0.1) is 6.92 Å². The summed E-state index contributed by atoms with van der Waals surface area (Å²) >= 11 is 1.73. The summed E-state index contributed by atoms with van der Waals surface area (Å²) in [6, 6.07) is 8.30. The summed E-state index contributed by atoms with van der Waals surface area (Å²) in [5.41, 5.74) is 7.01. The van der Waals surface area contributed by atoms with Gasteiger partial charge in [-0.15, -0.1) is 11.8 Å². The van der Waals surface area contributed by atoms with Gasteiger partial charge in [0.1, 0.15) is 0 Å². The molecular weight excluding hydrogens is 270 g/mol. The van der Waals surface area contributed by atoms with Gasteiger partial charge in [0.15, 0.2) is 5.82 Å². The Morgan fingerprint density at radius 1 is 1.30 bits per heavy atom. The lowest BCUT2D eigenvalue weighted by Gasteiger charge is -2.16. The van der Waals surface area contributed by atoms with Gasteiger partial charge in [-0.1, -0.05) is 23.4 Å². The summed E-state index contributed by atoms with van der Waals surface area (Å²) < 4.78 is 5.25. The average molecular weight is 291 g/mol. The summed E-state index contributed by atoms with van der Waals surface area (Å²) in [5.74, 6) is 2.13. The fraction of sp³-hybridized carbons (Fsp3) is 0.467. The zero-order valence-corrected chi connectivity index (χ0v) is 13.0. The fourth-order valence-corrected chi connectivity index (χ4v) is 2.61. The fourth-order valence-electron chi connectivity index (χ4n) is 1.74. The molecule has 0 aliphatic carbocycles. The van der Waals surface area contributed by atoms with Crippen LogP contribution in [0.1, 0.15) is 37.5 Å². The monoisotopic (exact) mass is 291 g/mol. The maximum Gasteiger partial charge on any atom is 0.226 e. The molecule has 0 aliphatic rings. The Morgan fingerprint density at radius 2 is 2.05 bits per heavy atom. The summed E-state index contributed by atoms with van der Waals surface area (Å²) in [7, 11) is 0. The van der Waals surface area contributed by atoms with Gasteiger partial charge in [0.25, 0.3) is 0 Å². The number of rotatable bonds is 6. The van der Waals surface area contributed by atoms with Crippen LogP contribution in [0.4, 0.5) is 0 Å². The van der Waals surface area contributed by atoms with Crippen molar-refractivity contribution in [1.29, 1.82) is 0 Å². The first kappa shape index (κ1) is 15.1. The summed E-state index contributed by atoms with van der Waals surface area (Å²) in [6.45, 7) is 6.10. The van der Waals surface area contributed by atoms with Crippen molar-refractivity contribution in [2.75, 3.05) is 0 Å². The highest BCUT2D eigenvalue weighted by Crippen LogP contribution is 2.24. The Bertz CT molecular complexity index is 560. The number of hydrogen-bond acceptors (Lipinski definition) is 5. The van der Waals surface area contributed by atoms with Crippen molar-refractivity contribution in [3.8, 4) is 0 Å². The minimum atomic E-state index is -0.204. The van der Waals surface area contributed by atoms with Gasteiger partial charge >= 0.3 is 0 Å². The van der Waals surface area contributed by atoms with E-state index in [4.69, 9.17) is 10.3 Å². The van der Waals surface area contributed by atoms with E-state index in [1.165, 1.54) is 10.5 Å². The molecule has 0 bridgehead atoms. The van der Waals surface area contributed by atoms with Crippen molar-refractivity contribution >= 4 is 11.8 Å². The molecular formula is C15H21N3OS. The number of hydrogen-bond donors (Lipinski definition) is 1. The van der Waals surface area contributed by atoms with Crippen LogP contribution in [-0.2, 0) is 12.2 Å². The van der Waals surface area contributed by atoms with Gasteiger partial charge in [0, 0.05) is 16.9 Å². The Morgan fingerprint density at radius 3 is 2.75 bits per heavy atom. The van der Waals surface area contributed by atoms with E-state index < -0.39 is 0 Å². The molecule has 20 heavy (non-hydrogen) atoms. The van der Waals surface area contributed by atoms with Crippen LogP contribution in [0.5, 0.6) is 0 Å². The van der Waals surface area contributed by atoms with Gasteiger partial charge in [0.2, 0.25) is 5.89 Å². The molecule has 0 saturated heterocycles. The van der Waals surface area contributed by atoms with Crippen molar-refractivity contribution in [2.24, 2.45) is 5.73 Å². The zero-order chi connectivity index (χ0) is 14.6. The minimum Gasteiger partial charge on any atom is -0.339 e. The molecule has 5 heteroatoms. The van der Waals surface area contributed by atoms with Crippen LogP contribution in [0.3, 0.4) is 0 Å². The van der Waals surface area contributed by atoms with Gasteiger partial charge in [-0.25, -0.2) is 0 Å². The van der Waals surface area contributed by atoms with E-state index >= 15 is 0 Å². The molecule has 1 aromatic heterocycles. The van der Waals surface area contributed by atoms with E-state index in [1.54, 1.807) is 11.8 Å². The molecule has 4 nitrogen and oxygen atoms in total. The lowest BCUT2D eigenvalue weighted by molar-refractivity contribution is 0.355. The van der Waals surface area contributed by atoms with Crippen LogP contribution in [-0.4, -0.2) is 15.7 Å². The molecule has 2 aromatic rings. The molecule has 2 rings (SSSR count). The molecule has 0 saturated carbocycles. The first-order valence-electron chi connectivity index (χ1n) is 6.73. The lowest BCUT2D eigenvalue weighted by atomic mass is 10.0. The first-order chi connectivity index (χ1) is 9.44. The van der Waals surface area contributed by atoms with E-state index in [-0.39, 0.29) is 5.54 Å². The number of nitrogens with two attached hydrogens (primary N) is 1. The van der Waals surface area contributed by atoms with E-state index in [0.717, 1.165) is 24.4 Å². The maximum absolute atomic E-state index is 5.95. The van der Waals surface area contributed by atoms with Crippen LogP contribution < -0.4 is 5.73 Å². The number of thioether (sulfide) groups is 1. The second kappa shape index (κ2) is 6.41. The Labute approximate surface area is 124 Å². The smallest absolute Gasteiger partial charge is 0.226 e. The van der Waals surface area contributed by atoms with Crippen LogP contribution in [0.2, 0.25) is 0 Å². The summed E-state index contributed by atoms with van der Waals surface area (Å²) in [5, 5.41) is 4.01. The number of nitrogens with zero attached hydrogens (tertiary/aromatic N) is 2. The number of benzene rings is 1. The van der Waals surface area contributed by atoms with Gasteiger partial charge in [-0.05, 0) is 38.8 Å². The second-order valence-electron chi connectivity index (χ2n) is 5.65. The number of aryl methyl sites for hydroxylation is 2. The molecule has 0 radical (unpaired) electrons. The third-order valence-electron chi connectivity index (χ3n) is 2.94. The molecule has 0 aliphatic heterocycles. The largest absolute Gasteiger partial charge is 0.339 e. The third kappa shape index (κ3) is 4.65. The average Bonchev–Trinajstić information content (AvgIpc) is 2.83. The topological polar surface area (TPSA) is 64.9 Å². The van der Waals surface area contributed by atoms with Crippen LogP contribution in [0.15, 0.2) is 33.7 Å². The summed E-state index contributed by atoms with van der Waals surface area (Å²) in [6.07, 6.45) is 1.56. The van der Waals surface area contributed by atoms with Gasteiger partial charge in [-0.3, -0.25) is 0 Å². The molecule has 0 fully saturated rings. The third-order valence-corrected chi connectivity index (χ3v) is 4.12. The predicted molar refractivity (Wildman–Crippen MR) is 81.6 cm³/mol. The van der Waals surface area contributed by atoms with Crippen molar-refractivity contribution in [3.63, 3.8) is 0 Å². The SMILES string of the molecule is Cc1ccccc1SCc1noc(CCC(C)(C)N)n1. The molecule has 0 unspecified atom stereocenters. The Balaban J connectivity index is 1.89. The van der Waals surface area contributed by atoms with E-state index in [0.29, 0.717) is 5.89 Å². The standard InChI is InChI=1S/C15H21N3OS/c1-11-6-4-5-7-12(11)20-10-13-17-14(19-18-13)8-9-15(2,3)16/h4-7H,8-10,16H2,1-3H3. The highest BCUT2D eigenvalue weighted by Gasteiger charge is 2.14. The molecule has 108 valence electrons. The van der Waals surface area contributed by atoms with Crippen molar-refractivity contribution < 1.29 is 4.52 Å². The molecule has 0 spiro atoms. The minimum absolute atomic E-state index is 0.204. The van der Waals surface area contributed by atoms with Crippen molar-refractivity contribution in [3.05, 3.63) is 41.5 Å². The van der Waals surface area contributed by atoms with E-state index in [1.807, 2.05) is 26.0 Å². The van der Waals surface area contributed by atoms with E-state index in [9.17, 15) is 0 Å².